The van der Waals surface area contributed by atoms with Gasteiger partial charge in [0.15, 0.2) is 0 Å². The lowest BCUT2D eigenvalue weighted by molar-refractivity contribution is 0.936. The van der Waals surface area contributed by atoms with Gasteiger partial charge in [0.2, 0.25) is 0 Å². The molecule has 84 valence electrons. The van der Waals surface area contributed by atoms with E-state index < -0.39 is 0 Å². The highest BCUT2D eigenvalue weighted by Gasteiger charge is 2.22. The van der Waals surface area contributed by atoms with Crippen LogP contribution in [0.5, 0.6) is 0 Å². The number of hydrogen-bond acceptors (Lipinski definition) is 0. The highest BCUT2D eigenvalue weighted by Crippen LogP contribution is 2.39. The van der Waals surface area contributed by atoms with Crippen molar-refractivity contribution in [2.75, 3.05) is 0 Å². The molecular weight excluding hydrogens is 204 g/mol. The van der Waals surface area contributed by atoms with Crippen molar-refractivity contribution in [3.8, 4) is 0 Å². The molecule has 0 N–H and O–H groups in total. The smallest absolute Gasteiger partial charge is 0.00730 e. The van der Waals surface area contributed by atoms with Gasteiger partial charge in [-0.15, -0.1) is 0 Å². The van der Waals surface area contributed by atoms with Crippen molar-refractivity contribution in [3.05, 3.63) is 76.9 Å². The molecule has 1 aromatic rings. The molecule has 3 rings (SSSR count). The summed E-state index contributed by atoms with van der Waals surface area (Å²) >= 11 is 0. The Morgan fingerprint density at radius 2 is 2.00 bits per heavy atom. The van der Waals surface area contributed by atoms with Crippen molar-refractivity contribution in [2.24, 2.45) is 0 Å². The minimum atomic E-state index is 0.508. The van der Waals surface area contributed by atoms with E-state index in [2.05, 4.69) is 67.6 Å². The molecule has 0 amide bonds. The van der Waals surface area contributed by atoms with Crippen LogP contribution in [0.15, 0.2) is 65.8 Å². The van der Waals surface area contributed by atoms with Gasteiger partial charge in [0.1, 0.15) is 0 Å². The summed E-state index contributed by atoms with van der Waals surface area (Å²) in [7, 11) is 0. The monoisotopic (exact) mass is 220 g/mol. The second-order valence-electron chi connectivity index (χ2n) is 4.64. The molecule has 0 spiro atoms. The minimum absolute atomic E-state index is 0.508. The molecule has 0 nitrogen and oxygen atoms in total. The molecule has 0 aliphatic heterocycles. The van der Waals surface area contributed by atoms with Crippen molar-refractivity contribution < 1.29 is 0 Å². The summed E-state index contributed by atoms with van der Waals surface area (Å²) in [6.45, 7) is 2.29. The van der Waals surface area contributed by atoms with Gasteiger partial charge in [-0.2, -0.15) is 0 Å². The Labute approximate surface area is 103 Å². The Morgan fingerprint density at radius 3 is 2.88 bits per heavy atom. The Bertz CT molecular complexity index is 553. The lowest BCUT2D eigenvalue weighted by atomic mass is 9.92. The third-order valence-corrected chi connectivity index (χ3v) is 3.55. The summed E-state index contributed by atoms with van der Waals surface area (Å²) in [6.07, 6.45) is 14.4. The maximum Gasteiger partial charge on any atom is 0.00730 e. The lowest BCUT2D eigenvalue weighted by Gasteiger charge is -2.11. The van der Waals surface area contributed by atoms with Crippen LogP contribution in [0, 0.1) is 0 Å². The fourth-order valence-corrected chi connectivity index (χ4v) is 2.60. The van der Waals surface area contributed by atoms with E-state index in [0.717, 1.165) is 6.42 Å². The van der Waals surface area contributed by atoms with Crippen molar-refractivity contribution >= 4 is 6.08 Å². The summed E-state index contributed by atoms with van der Waals surface area (Å²) in [4.78, 5) is 0. The molecular formula is C17H16. The van der Waals surface area contributed by atoms with Crippen LogP contribution in [0.4, 0.5) is 0 Å². The highest BCUT2D eigenvalue weighted by atomic mass is 14.3. The van der Waals surface area contributed by atoms with Crippen LogP contribution in [0.2, 0.25) is 0 Å². The molecule has 17 heavy (non-hydrogen) atoms. The number of fused-ring (bicyclic) bond motifs is 1. The van der Waals surface area contributed by atoms with Gasteiger partial charge in [0.05, 0.1) is 0 Å². The zero-order valence-electron chi connectivity index (χ0n) is 10.1. The first kappa shape index (κ1) is 10.3. The second kappa shape index (κ2) is 4.21. The first-order chi connectivity index (χ1) is 8.36. The third-order valence-electron chi connectivity index (χ3n) is 3.55. The summed E-state index contributed by atoms with van der Waals surface area (Å²) in [5.74, 6) is 0.508. The largest absolute Gasteiger partial charge is 0.0807 e. The Balaban J connectivity index is 2.03. The SMILES string of the molecule is CC1C(C2=CC=CCC=C2)=Cc2ccccc21. The number of hydrogen-bond donors (Lipinski definition) is 0. The highest BCUT2D eigenvalue weighted by molar-refractivity contribution is 5.72. The first-order valence-electron chi connectivity index (χ1n) is 6.20. The molecule has 0 aromatic heterocycles. The first-order valence-corrected chi connectivity index (χ1v) is 6.20. The summed E-state index contributed by atoms with van der Waals surface area (Å²) < 4.78 is 0. The van der Waals surface area contributed by atoms with Gasteiger partial charge in [-0.3, -0.25) is 0 Å². The number of allylic oxidation sites excluding steroid dienone is 7. The topological polar surface area (TPSA) is 0 Å². The summed E-state index contributed by atoms with van der Waals surface area (Å²) in [5.41, 5.74) is 5.61. The molecule has 1 atom stereocenters. The maximum absolute atomic E-state index is 2.33. The van der Waals surface area contributed by atoms with Crippen LogP contribution in [0.3, 0.4) is 0 Å². The molecule has 0 heteroatoms. The van der Waals surface area contributed by atoms with Crippen LogP contribution < -0.4 is 0 Å². The quantitative estimate of drug-likeness (QED) is 0.647. The summed E-state index contributed by atoms with van der Waals surface area (Å²) in [5, 5.41) is 0. The van der Waals surface area contributed by atoms with E-state index in [1.807, 2.05) is 0 Å². The Morgan fingerprint density at radius 1 is 1.12 bits per heavy atom. The third kappa shape index (κ3) is 1.80. The molecule has 1 aromatic carbocycles. The Hall–Kier alpha value is -1.82. The van der Waals surface area contributed by atoms with E-state index in [4.69, 9.17) is 0 Å². The maximum atomic E-state index is 2.33. The van der Waals surface area contributed by atoms with Crippen molar-refractivity contribution in [2.45, 2.75) is 19.3 Å². The number of rotatable bonds is 1. The van der Waals surface area contributed by atoms with Gasteiger partial charge < -0.3 is 0 Å². The number of benzene rings is 1. The van der Waals surface area contributed by atoms with Crippen LogP contribution in [0.25, 0.3) is 6.08 Å². The van der Waals surface area contributed by atoms with Crippen molar-refractivity contribution in [1.82, 2.24) is 0 Å². The van der Waals surface area contributed by atoms with E-state index in [9.17, 15) is 0 Å². The van der Waals surface area contributed by atoms with E-state index >= 15 is 0 Å². The molecule has 0 saturated carbocycles. The van der Waals surface area contributed by atoms with Crippen LogP contribution >= 0.6 is 0 Å². The zero-order chi connectivity index (χ0) is 11.7. The molecule has 0 fully saturated rings. The molecule has 2 aliphatic rings. The van der Waals surface area contributed by atoms with E-state index in [1.165, 1.54) is 22.3 Å². The van der Waals surface area contributed by atoms with Crippen LogP contribution in [0.1, 0.15) is 30.4 Å². The zero-order valence-corrected chi connectivity index (χ0v) is 10.1. The Kier molecular flexibility index (Phi) is 2.56. The van der Waals surface area contributed by atoms with Gasteiger partial charge in [-0.1, -0.05) is 67.6 Å². The molecule has 0 saturated heterocycles. The second-order valence-corrected chi connectivity index (χ2v) is 4.64. The predicted octanol–water partition coefficient (Wildman–Crippen LogP) is 4.63. The fraction of sp³-hybridized carbons (Fsp3) is 0.176. The van der Waals surface area contributed by atoms with Crippen LogP contribution in [-0.4, -0.2) is 0 Å². The minimum Gasteiger partial charge on any atom is -0.0807 e. The van der Waals surface area contributed by atoms with Gasteiger partial charge in [-0.25, -0.2) is 0 Å². The standard InChI is InChI=1S/C17H16/c1-13-16-11-7-6-10-15(16)12-17(13)14-8-4-2-3-5-9-14/h2,4-13H,3H2,1H3. The predicted molar refractivity (Wildman–Crippen MR) is 73.8 cm³/mol. The molecule has 1 unspecified atom stereocenters. The lowest BCUT2D eigenvalue weighted by Crippen LogP contribution is -1.94. The van der Waals surface area contributed by atoms with Crippen molar-refractivity contribution in [3.63, 3.8) is 0 Å². The van der Waals surface area contributed by atoms with Crippen LogP contribution in [-0.2, 0) is 0 Å². The van der Waals surface area contributed by atoms with Gasteiger partial charge in [-0.05, 0) is 28.7 Å². The molecule has 2 aliphatic carbocycles. The average molecular weight is 220 g/mol. The van der Waals surface area contributed by atoms with Gasteiger partial charge >= 0.3 is 0 Å². The molecule has 0 bridgehead atoms. The van der Waals surface area contributed by atoms with Gasteiger partial charge in [0, 0.05) is 5.92 Å². The average Bonchev–Trinajstić information content (AvgIpc) is 2.57. The van der Waals surface area contributed by atoms with E-state index in [-0.39, 0.29) is 0 Å². The van der Waals surface area contributed by atoms with Crippen molar-refractivity contribution in [1.29, 1.82) is 0 Å². The molecule has 0 radical (unpaired) electrons. The van der Waals surface area contributed by atoms with E-state index in [1.54, 1.807) is 0 Å². The van der Waals surface area contributed by atoms with Gasteiger partial charge in [0.25, 0.3) is 0 Å². The normalized spacial score (nSPS) is 21.8. The molecule has 0 heterocycles. The summed E-state index contributed by atoms with van der Waals surface area (Å²) in [6, 6.07) is 8.68. The van der Waals surface area contributed by atoms with E-state index in [0.29, 0.717) is 5.92 Å². The fourth-order valence-electron chi connectivity index (χ4n) is 2.60.